The number of thioether (sulfide) groups is 1. The van der Waals surface area contributed by atoms with Crippen molar-refractivity contribution >= 4 is 35.5 Å². The molecule has 0 aliphatic rings. The molecule has 10 nitrogen and oxygen atoms in total. The standard InChI is InChI=1S/C18H25N3O7S/c1-29-7-6-13(20-16(25)12(19)9-15(23)24)17(26)21-14(18(27)28)8-10-2-4-11(22)5-3-10/h2-5,12-14,22H,6-9,19H2,1H3,(H,20,25)(H,21,26)(H,23,24)(H,27,28). The molecule has 3 unspecified atom stereocenters. The number of phenolic OH excluding ortho intramolecular Hbond substituents is 1. The quantitative estimate of drug-likeness (QED) is 0.257. The number of nitrogens with one attached hydrogen (secondary N) is 2. The van der Waals surface area contributed by atoms with E-state index in [4.69, 9.17) is 10.8 Å². The summed E-state index contributed by atoms with van der Waals surface area (Å²) in [6.45, 7) is 0. The number of carbonyl (C=O) groups excluding carboxylic acids is 2. The van der Waals surface area contributed by atoms with Crippen molar-refractivity contribution in [2.45, 2.75) is 37.4 Å². The number of phenols is 1. The molecule has 0 bridgehead atoms. The number of aliphatic carboxylic acids is 2. The van der Waals surface area contributed by atoms with Gasteiger partial charge in [0.2, 0.25) is 11.8 Å². The van der Waals surface area contributed by atoms with Gasteiger partial charge in [0.15, 0.2) is 0 Å². The number of carbonyl (C=O) groups is 4. The minimum Gasteiger partial charge on any atom is -0.508 e. The van der Waals surface area contributed by atoms with Crippen LogP contribution in [0.5, 0.6) is 5.75 Å². The van der Waals surface area contributed by atoms with Gasteiger partial charge < -0.3 is 31.7 Å². The van der Waals surface area contributed by atoms with Crippen LogP contribution in [0.3, 0.4) is 0 Å². The highest BCUT2D eigenvalue weighted by molar-refractivity contribution is 7.98. The molecular formula is C18H25N3O7S. The number of hydrogen-bond donors (Lipinski definition) is 6. The van der Waals surface area contributed by atoms with Crippen LogP contribution in [0.25, 0.3) is 0 Å². The van der Waals surface area contributed by atoms with Crippen LogP contribution in [0.1, 0.15) is 18.4 Å². The summed E-state index contributed by atoms with van der Waals surface area (Å²) in [6, 6.07) is 2.24. The van der Waals surface area contributed by atoms with Gasteiger partial charge in [0, 0.05) is 6.42 Å². The van der Waals surface area contributed by atoms with Crippen molar-refractivity contribution in [2.24, 2.45) is 5.73 Å². The molecule has 29 heavy (non-hydrogen) atoms. The van der Waals surface area contributed by atoms with E-state index in [1.807, 2.05) is 0 Å². The lowest BCUT2D eigenvalue weighted by molar-refractivity contribution is -0.142. The van der Waals surface area contributed by atoms with Crippen LogP contribution in [0.4, 0.5) is 0 Å². The summed E-state index contributed by atoms with van der Waals surface area (Å²) in [5.41, 5.74) is 6.10. The Labute approximate surface area is 171 Å². The van der Waals surface area contributed by atoms with Crippen molar-refractivity contribution < 1.29 is 34.5 Å². The molecule has 0 radical (unpaired) electrons. The number of nitrogens with two attached hydrogens (primary N) is 1. The molecule has 0 aromatic heterocycles. The first-order valence-electron chi connectivity index (χ1n) is 8.71. The van der Waals surface area contributed by atoms with Gasteiger partial charge >= 0.3 is 11.9 Å². The minimum atomic E-state index is -1.33. The number of benzene rings is 1. The average molecular weight is 427 g/mol. The zero-order chi connectivity index (χ0) is 22.0. The second-order valence-electron chi connectivity index (χ2n) is 6.32. The molecular weight excluding hydrogens is 402 g/mol. The van der Waals surface area contributed by atoms with Crippen LogP contribution in [-0.4, -0.2) is 69.2 Å². The summed E-state index contributed by atoms with van der Waals surface area (Å²) >= 11 is 1.43. The molecule has 1 aromatic rings. The summed E-state index contributed by atoms with van der Waals surface area (Å²) in [5.74, 6) is -3.49. The highest BCUT2D eigenvalue weighted by Gasteiger charge is 2.28. The molecule has 160 valence electrons. The van der Waals surface area contributed by atoms with Crippen LogP contribution in [0.2, 0.25) is 0 Å². The Kier molecular flexibility index (Phi) is 9.97. The predicted octanol–water partition coefficient (Wildman–Crippen LogP) is -0.456. The van der Waals surface area contributed by atoms with Crippen molar-refractivity contribution in [1.82, 2.24) is 10.6 Å². The van der Waals surface area contributed by atoms with Crippen LogP contribution < -0.4 is 16.4 Å². The van der Waals surface area contributed by atoms with Crippen molar-refractivity contribution in [3.05, 3.63) is 29.8 Å². The van der Waals surface area contributed by atoms with E-state index >= 15 is 0 Å². The fourth-order valence-corrected chi connectivity index (χ4v) is 2.88. The van der Waals surface area contributed by atoms with Crippen LogP contribution in [0, 0.1) is 0 Å². The maximum atomic E-state index is 12.6. The minimum absolute atomic E-state index is 0.0247. The van der Waals surface area contributed by atoms with Gasteiger partial charge in [0.25, 0.3) is 0 Å². The van der Waals surface area contributed by atoms with Crippen molar-refractivity contribution in [1.29, 1.82) is 0 Å². The van der Waals surface area contributed by atoms with Gasteiger partial charge in [-0.2, -0.15) is 11.8 Å². The van der Waals surface area contributed by atoms with Crippen molar-refractivity contribution in [3.63, 3.8) is 0 Å². The van der Waals surface area contributed by atoms with Gasteiger partial charge in [0.1, 0.15) is 17.8 Å². The molecule has 2 amide bonds. The van der Waals surface area contributed by atoms with Gasteiger partial charge in [-0.15, -0.1) is 0 Å². The third-order valence-corrected chi connectivity index (χ3v) is 4.61. The Morgan fingerprint density at radius 1 is 1.03 bits per heavy atom. The molecule has 0 fully saturated rings. The summed E-state index contributed by atoms with van der Waals surface area (Å²) < 4.78 is 0. The number of hydrogen-bond acceptors (Lipinski definition) is 7. The smallest absolute Gasteiger partial charge is 0.326 e. The zero-order valence-electron chi connectivity index (χ0n) is 15.8. The van der Waals surface area contributed by atoms with Crippen LogP contribution >= 0.6 is 11.8 Å². The normalized spacial score (nSPS) is 13.7. The van der Waals surface area contributed by atoms with E-state index in [1.165, 1.54) is 36.0 Å². The molecule has 0 aliphatic heterocycles. The zero-order valence-corrected chi connectivity index (χ0v) is 16.6. The highest BCUT2D eigenvalue weighted by Crippen LogP contribution is 2.12. The molecule has 1 aromatic carbocycles. The number of carboxylic acids is 2. The Bertz CT molecular complexity index is 727. The lowest BCUT2D eigenvalue weighted by atomic mass is 10.0. The Hall–Kier alpha value is -2.79. The molecule has 0 spiro atoms. The summed E-state index contributed by atoms with van der Waals surface area (Å²) in [7, 11) is 0. The predicted molar refractivity (Wildman–Crippen MR) is 107 cm³/mol. The number of aromatic hydroxyl groups is 1. The van der Waals surface area contributed by atoms with E-state index in [-0.39, 0.29) is 18.6 Å². The lowest BCUT2D eigenvalue weighted by Gasteiger charge is -2.22. The largest absolute Gasteiger partial charge is 0.508 e. The molecule has 0 heterocycles. The number of amides is 2. The SMILES string of the molecule is CSCCC(NC(=O)C(N)CC(=O)O)C(=O)NC(Cc1ccc(O)cc1)C(=O)O. The van der Waals surface area contributed by atoms with Crippen molar-refractivity contribution in [3.8, 4) is 5.75 Å². The van der Waals surface area contributed by atoms with E-state index in [1.54, 1.807) is 6.26 Å². The maximum absolute atomic E-state index is 12.6. The first-order chi connectivity index (χ1) is 13.6. The van der Waals surface area contributed by atoms with Gasteiger partial charge in [0.05, 0.1) is 12.5 Å². The molecule has 7 N–H and O–H groups in total. The monoisotopic (exact) mass is 427 g/mol. The molecule has 0 saturated heterocycles. The summed E-state index contributed by atoms with van der Waals surface area (Å²) in [6.07, 6.45) is 1.40. The Morgan fingerprint density at radius 3 is 2.14 bits per heavy atom. The molecule has 1 rings (SSSR count). The topological polar surface area (TPSA) is 179 Å². The second kappa shape index (κ2) is 11.9. The summed E-state index contributed by atoms with van der Waals surface area (Å²) in [4.78, 5) is 46.9. The van der Waals surface area contributed by atoms with Gasteiger partial charge in [-0.05, 0) is 36.1 Å². The number of rotatable bonds is 12. The summed E-state index contributed by atoms with van der Waals surface area (Å²) in [5, 5.41) is 32.2. The fourth-order valence-electron chi connectivity index (χ4n) is 2.40. The number of carboxylic acid groups (broad SMARTS) is 2. The first-order valence-corrected chi connectivity index (χ1v) is 10.1. The van der Waals surface area contributed by atoms with Crippen LogP contribution in [0.15, 0.2) is 24.3 Å². The molecule has 0 saturated carbocycles. The maximum Gasteiger partial charge on any atom is 0.326 e. The second-order valence-corrected chi connectivity index (χ2v) is 7.30. The fraction of sp³-hybridized carbons (Fsp3) is 0.444. The van der Waals surface area contributed by atoms with Gasteiger partial charge in [-0.3, -0.25) is 14.4 Å². The van der Waals surface area contributed by atoms with Crippen LogP contribution in [-0.2, 0) is 25.6 Å². The average Bonchev–Trinajstić information content (AvgIpc) is 2.65. The first kappa shape index (κ1) is 24.2. The molecule has 3 atom stereocenters. The third kappa shape index (κ3) is 8.83. The van der Waals surface area contributed by atoms with E-state index in [9.17, 15) is 29.4 Å². The Morgan fingerprint density at radius 2 is 1.62 bits per heavy atom. The van der Waals surface area contributed by atoms with E-state index < -0.39 is 48.3 Å². The van der Waals surface area contributed by atoms with Gasteiger partial charge in [-0.25, -0.2) is 4.79 Å². The van der Waals surface area contributed by atoms with Crippen molar-refractivity contribution in [2.75, 3.05) is 12.0 Å². The van der Waals surface area contributed by atoms with E-state index in [2.05, 4.69) is 10.6 Å². The van der Waals surface area contributed by atoms with E-state index in [0.717, 1.165) is 0 Å². The molecule has 11 heteroatoms. The van der Waals surface area contributed by atoms with Gasteiger partial charge in [-0.1, -0.05) is 12.1 Å². The molecule has 0 aliphatic carbocycles. The van der Waals surface area contributed by atoms with E-state index in [0.29, 0.717) is 11.3 Å². The Balaban J connectivity index is 2.83. The highest BCUT2D eigenvalue weighted by atomic mass is 32.2. The lowest BCUT2D eigenvalue weighted by Crippen LogP contribution is -2.55. The third-order valence-electron chi connectivity index (χ3n) is 3.97.